The van der Waals surface area contributed by atoms with Crippen molar-refractivity contribution in [3.63, 3.8) is 0 Å². The Morgan fingerprint density at radius 1 is 1.17 bits per heavy atom. The number of sulfonamides is 1. The summed E-state index contributed by atoms with van der Waals surface area (Å²) in [6, 6.07) is 6.19. The number of methoxy groups -OCH3 is 1. The lowest BCUT2D eigenvalue weighted by Gasteiger charge is -2.13. The van der Waals surface area contributed by atoms with E-state index in [4.69, 9.17) is 27.9 Å². The Balaban J connectivity index is 2.48. The molecule has 0 heterocycles. The number of ether oxygens (including phenoxy) is 1. The fraction of sp³-hybridized carbons (Fsp3) is 0.143. The summed E-state index contributed by atoms with van der Waals surface area (Å²) >= 11 is 11.7. The van der Waals surface area contributed by atoms with Gasteiger partial charge in [-0.15, -0.1) is 0 Å². The third-order valence-corrected chi connectivity index (χ3v) is 5.24. The van der Waals surface area contributed by atoms with Crippen molar-refractivity contribution in [1.29, 1.82) is 0 Å². The molecule has 7 nitrogen and oxygen atoms in total. The van der Waals surface area contributed by atoms with Gasteiger partial charge < -0.3 is 4.74 Å². The molecule has 0 aromatic heterocycles. The molecule has 1 N–H and O–H groups in total. The Morgan fingerprint density at radius 3 is 2.42 bits per heavy atom. The molecule has 0 atom stereocenters. The maximum atomic E-state index is 12.5. The molecule has 0 aliphatic rings. The molecule has 0 saturated carbocycles. The van der Waals surface area contributed by atoms with Gasteiger partial charge in [0.2, 0.25) is 0 Å². The zero-order valence-electron chi connectivity index (χ0n) is 12.5. The van der Waals surface area contributed by atoms with E-state index < -0.39 is 20.6 Å². The lowest BCUT2D eigenvalue weighted by atomic mass is 10.2. The van der Waals surface area contributed by atoms with E-state index in [2.05, 4.69) is 4.72 Å². The van der Waals surface area contributed by atoms with E-state index in [-0.39, 0.29) is 21.4 Å². The SMILES string of the molecule is COc1cc(Cl)c(C)cc1NS(=O)(=O)c1ccc(Cl)c([N+](=O)[O-])c1. The molecule has 0 aliphatic heterocycles. The summed E-state index contributed by atoms with van der Waals surface area (Å²) in [5.74, 6) is 0.220. The van der Waals surface area contributed by atoms with E-state index in [0.717, 1.165) is 12.1 Å². The van der Waals surface area contributed by atoms with Gasteiger partial charge >= 0.3 is 0 Å². The fourth-order valence-corrected chi connectivity index (χ4v) is 3.34. The number of rotatable bonds is 5. The van der Waals surface area contributed by atoms with Crippen LogP contribution in [0.4, 0.5) is 11.4 Å². The van der Waals surface area contributed by atoms with Crippen LogP contribution < -0.4 is 9.46 Å². The number of nitrogens with zero attached hydrogens (tertiary/aromatic N) is 1. The minimum atomic E-state index is -4.08. The van der Waals surface area contributed by atoms with E-state index >= 15 is 0 Å². The van der Waals surface area contributed by atoms with Crippen molar-refractivity contribution in [2.45, 2.75) is 11.8 Å². The molecule has 0 bridgehead atoms. The number of hydrogen-bond donors (Lipinski definition) is 1. The predicted molar refractivity (Wildman–Crippen MR) is 91.7 cm³/mol. The first-order valence-electron chi connectivity index (χ1n) is 6.46. The van der Waals surface area contributed by atoms with Crippen LogP contribution in [0.2, 0.25) is 10.0 Å². The van der Waals surface area contributed by atoms with E-state index in [1.54, 1.807) is 6.92 Å². The minimum Gasteiger partial charge on any atom is -0.495 e. The first kappa shape index (κ1) is 18.3. The molecule has 10 heteroatoms. The number of halogens is 2. The smallest absolute Gasteiger partial charge is 0.289 e. The van der Waals surface area contributed by atoms with Crippen molar-refractivity contribution >= 4 is 44.6 Å². The monoisotopic (exact) mass is 390 g/mol. The minimum absolute atomic E-state index is 0.154. The average molecular weight is 391 g/mol. The Bertz CT molecular complexity index is 916. The van der Waals surface area contributed by atoms with Gasteiger partial charge in [0.25, 0.3) is 15.7 Å². The van der Waals surface area contributed by atoms with Crippen molar-refractivity contribution in [3.05, 3.63) is 56.1 Å². The van der Waals surface area contributed by atoms with Crippen molar-refractivity contribution in [2.75, 3.05) is 11.8 Å². The summed E-state index contributed by atoms with van der Waals surface area (Å²) in [7, 11) is -2.72. The van der Waals surface area contributed by atoms with Gasteiger partial charge in [-0.05, 0) is 30.7 Å². The first-order valence-corrected chi connectivity index (χ1v) is 8.70. The van der Waals surface area contributed by atoms with Crippen molar-refractivity contribution in [3.8, 4) is 5.75 Å². The van der Waals surface area contributed by atoms with E-state index in [9.17, 15) is 18.5 Å². The van der Waals surface area contributed by atoms with Gasteiger partial charge in [-0.25, -0.2) is 8.42 Å². The number of benzene rings is 2. The molecular formula is C14H12Cl2N2O5S. The number of nitrogens with one attached hydrogen (secondary N) is 1. The van der Waals surface area contributed by atoms with Gasteiger partial charge in [0.15, 0.2) is 0 Å². The van der Waals surface area contributed by atoms with Crippen LogP contribution >= 0.6 is 23.2 Å². The van der Waals surface area contributed by atoms with Crippen molar-refractivity contribution < 1.29 is 18.1 Å². The Labute approximate surface area is 148 Å². The molecule has 2 aromatic rings. The molecule has 0 fully saturated rings. The van der Waals surface area contributed by atoms with Crippen LogP contribution in [0.1, 0.15) is 5.56 Å². The van der Waals surface area contributed by atoms with E-state index in [0.29, 0.717) is 10.6 Å². The molecule has 2 rings (SSSR count). The van der Waals surface area contributed by atoms with Gasteiger partial charge in [-0.2, -0.15) is 0 Å². The Morgan fingerprint density at radius 2 is 1.83 bits per heavy atom. The summed E-state index contributed by atoms with van der Waals surface area (Å²) in [6.07, 6.45) is 0. The Hall–Kier alpha value is -2.03. The molecule has 0 amide bonds. The van der Waals surface area contributed by atoms with Gasteiger partial charge in [-0.1, -0.05) is 23.2 Å². The largest absolute Gasteiger partial charge is 0.495 e. The van der Waals surface area contributed by atoms with Gasteiger partial charge in [0, 0.05) is 17.2 Å². The van der Waals surface area contributed by atoms with Crippen molar-refractivity contribution in [1.82, 2.24) is 0 Å². The number of anilines is 1. The highest BCUT2D eigenvalue weighted by atomic mass is 35.5. The molecule has 2 aromatic carbocycles. The second-order valence-corrected chi connectivity index (χ2v) is 7.27. The van der Waals surface area contributed by atoms with Crippen LogP contribution in [0, 0.1) is 17.0 Å². The Kier molecular flexibility index (Phi) is 5.22. The molecule has 128 valence electrons. The summed E-state index contributed by atoms with van der Waals surface area (Å²) in [5.41, 5.74) is 0.299. The standard InChI is InChI=1S/C14H12Cl2N2O5S/c1-8-5-12(14(23-2)7-11(8)16)17-24(21,22)9-3-4-10(15)13(6-9)18(19)20/h3-7,17H,1-2H3. The summed E-state index contributed by atoms with van der Waals surface area (Å²) in [5, 5.41) is 11.2. The quantitative estimate of drug-likeness (QED) is 0.613. The molecule has 0 radical (unpaired) electrons. The number of hydrogen-bond acceptors (Lipinski definition) is 5. The highest BCUT2D eigenvalue weighted by Crippen LogP contribution is 2.33. The van der Waals surface area contributed by atoms with Crippen molar-refractivity contribution in [2.24, 2.45) is 0 Å². The number of nitro groups is 1. The van der Waals surface area contributed by atoms with Gasteiger partial charge in [-0.3, -0.25) is 14.8 Å². The van der Waals surface area contributed by atoms with Crippen LogP contribution in [0.15, 0.2) is 35.2 Å². The topological polar surface area (TPSA) is 98.5 Å². The first-order chi connectivity index (χ1) is 11.2. The lowest BCUT2D eigenvalue weighted by Crippen LogP contribution is -2.14. The molecule has 0 spiro atoms. The second-order valence-electron chi connectivity index (χ2n) is 4.78. The lowest BCUT2D eigenvalue weighted by molar-refractivity contribution is -0.384. The molecule has 0 saturated heterocycles. The number of nitro benzene ring substituents is 1. The maximum Gasteiger partial charge on any atom is 0.289 e. The fourth-order valence-electron chi connectivity index (χ4n) is 1.92. The second kappa shape index (κ2) is 6.84. The third kappa shape index (κ3) is 3.72. The molecule has 0 unspecified atom stereocenters. The highest BCUT2D eigenvalue weighted by Gasteiger charge is 2.22. The highest BCUT2D eigenvalue weighted by molar-refractivity contribution is 7.92. The predicted octanol–water partition coefficient (Wildman–Crippen LogP) is 4.02. The summed E-state index contributed by atoms with van der Waals surface area (Å²) in [6.45, 7) is 1.70. The van der Waals surface area contributed by atoms with E-state index in [1.165, 1.54) is 25.3 Å². The van der Waals surface area contributed by atoms with Crippen LogP contribution in [0.25, 0.3) is 0 Å². The maximum absolute atomic E-state index is 12.5. The van der Waals surface area contributed by atoms with E-state index in [1.807, 2.05) is 0 Å². The summed E-state index contributed by atoms with van der Waals surface area (Å²) in [4.78, 5) is 9.86. The van der Waals surface area contributed by atoms with Crippen LogP contribution in [-0.4, -0.2) is 20.5 Å². The molecular weight excluding hydrogens is 379 g/mol. The zero-order valence-corrected chi connectivity index (χ0v) is 14.9. The van der Waals surface area contributed by atoms with Crippen LogP contribution in [0.3, 0.4) is 0 Å². The van der Waals surface area contributed by atoms with Gasteiger partial charge in [0.1, 0.15) is 10.8 Å². The normalized spacial score (nSPS) is 11.2. The van der Waals surface area contributed by atoms with Crippen LogP contribution in [-0.2, 0) is 10.0 Å². The average Bonchev–Trinajstić information content (AvgIpc) is 2.50. The van der Waals surface area contributed by atoms with Gasteiger partial charge in [0.05, 0.1) is 22.6 Å². The van der Waals surface area contributed by atoms with Crippen LogP contribution in [0.5, 0.6) is 5.75 Å². The zero-order chi connectivity index (χ0) is 18.1. The summed E-state index contributed by atoms with van der Waals surface area (Å²) < 4.78 is 32.4. The molecule has 24 heavy (non-hydrogen) atoms. The molecule has 0 aliphatic carbocycles. The number of aryl methyl sites for hydroxylation is 1. The third-order valence-electron chi connectivity index (χ3n) is 3.15.